The second kappa shape index (κ2) is 7.29. The number of likely N-dealkylation sites (N-methyl/N-ethyl adjacent to an activating group) is 1. The molecule has 0 aromatic rings. The van der Waals surface area contributed by atoms with Gasteiger partial charge in [0.05, 0.1) is 0 Å². The fourth-order valence-corrected chi connectivity index (χ4v) is 2.79. The molecule has 0 heterocycles. The van der Waals surface area contributed by atoms with Crippen LogP contribution in [0.25, 0.3) is 0 Å². The summed E-state index contributed by atoms with van der Waals surface area (Å²) in [6.45, 7) is 5.79. The molecule has 0 amide bonds. The van der Waals surface area contributed by atoms with Gasteiger partial charge in [-0.2, -0.15) is 0 Å². The molecule has 0 bridgehead atoms. The maximum Gasteiger partial charge on any atom is 0.0237 e. The second-order valence-corrected chi connectivity index (χ2v) is 5.87. The van der Waals surface area contributed by atoms with Crippen molar-refractivity contribution in [3.8, 4) is 0 Å². The van der Waals surface area contributed by atoms with Crippen LogP contribution in [0.5, 0.6) is 0 Å². The lowest BCUT2D eigenvalue weighted by atomic mass is 10.0. The van der Waals surface area contributed by atoms with Crippen molar-refractivity contribution in [1.82, 2.24) is 10.2 Å². The van der Waals surface area contributed by atoms with Crippen LogP contribution in [0.4, 0.5) is 0 Å². The van der Waals surface area contributed by atoms with Gasteiger partial charge in [0.1, 0.15) is 0 Å². The van der Waals surface area contributed by atoms with Crippen LogP contribution in [-0.4, -0.2) is 37.6 Å². The first-order valence-electron chi connectivity index (χ1n) is 7.01. The van der Waals surface area contributed by atoms with Gasteiger partial charge in [-0.15, -0.1) is 0 Å². The third-order valence-electron chi connectivity index (χ3n) is 3.90. The number of hydrogen-bond donors (Lipinski definition) is 1. The van der Waals surface area contributed by atoms with Crippen molar-refractivity contribution >= 4 is 0 Å². The normalized spacial score (nSPS) is 21.4. The third-order valence-corrected chi connectivity index (χ3v) is 3.90. The van der Waals surface area contributed by atoms with Crippen molar-refractivity contribution in [3.63, 3.8) is 0 Å². The molecule has 16 heavy (non-hydrogen) atoms. The zero-order chi connectivity index (χ0) is 12.0. The zero-order valence-corrected chi connectivity index (χ0v) is 11.6. The summed E-state index contributed by atoms with van der Waals surface area (Å²) in [6, 6.07) is 1.45. The van der Waals surface area contributed by atoms with Gasteiger partial charge < -0.3 is 10.2 Å². The molecule has 1 aliphatic rings. The lowest BCUT2D eigenvalue weighted by Gasteiger charge is -2.30. The molecule has 1 aliphatic carbocycles. The van der Waals surface area contributed by atoms with Crippen LogP contribution in [0.3, 0.4) is 0 Å². The van der Waals surface area contributed by atoms with E-state index in [-0.39, 0.29) is 0 Å². The first-order valence-corrected chi connectivity index (χ1v) is 7.01. The third kappa shape index (κ3) is 4.84. The molecule has 2 nitrogen and oxygen atoms in total. The minimum absolute atomic E-state index is 0.670. The van der Waals surface area contributed by atoms with E-state index in [4.69, 9.17) is 0 Å². The van der Waals surface area contributed by atoms with Crippen LogP contribution in [0.1, 0.15) is 52.4 Å². The van der Waals surface area contributed by atoms with E-state index in [0.29, 0.717) is 6.04 Å². The minimum Gasteiger partial charge on any atom is -0.312 e. The Morgan fingerprint density at radius 3 is 2.06 bits per heavy atom. The molecule has 1 rings (SSSR count). The summed E-state index contributed by atoms with van der Waals surface area (Å²) in [4.78, 5) is 2.36. The van der Waals surface area contributed by atoms with E-state index in [0.717, 1.165) is 18.5 Å². The Labute approximate surface area is 102 Å². The van der Waals surface area contributed by atoms with E-state index in [9.17, 15) is 0 Å². The Balaban J connectivity index is 2.30. The van der Waals surface area contributed by atoms with Crippen LogP contribution >= 0.6 is 0 Å². The summed E-state index contributed by atoms with van der Waals surface area (Å²) in [5, 5.41) is 3.78. The highest BCUT2D eigenvalue weighted by molar-refractivity contribution is 4.77. The first kappa shape index (κ1) is 14.0. The number of nitrogens with zero attached hydrogens (tertiary/aromatic N) is 1. The van der Waals surface area contributed by atoms with Crippen molar-refractivity contribution in [2.45, 2.75) is 64.5 Å². The zero-order valence-electron chi connectivity index (χ0n) is 11.6. The highest BCUT2D eigenvalue weighted by Crippen LogP contribution is 2.17. The van der Waals surface area contributed by atoms with Crippen molar-refractivity contribution < 1.29 is 0 Å². The van der Waals surface area contributed by atoms with Gasteiger partial charge in [-0.05, 0) is 32.9 Å². The van der Waals surface area contributed by atoms with E-state index in [1.807, 2.05) is 0 Å². The molecule has 0 saturated heterocycles. The molecule has 0 aromatic carbocycles. The average molecular weight is 226 g/mol. The molecule has 0 radical (unpaired) electrons. The standard InChI is InChI=1S/C14H30N2/c1-12(2)14(16(3)4)11-15-13-9-7-5-6-8-10-13/h12-15H,5-11H2,1-4H3. The Morgan fingerprint density at radius 2 is 1.62 bits per heavy atom. The molecule has 0 aromatic heterocycles. The van der Waals surface area contributed by atoms with E-state index in [2.05, 4.69) is 38.2 Å². The first-order chi connectivity index (χ1) is 7.61. The van der Waals surface area contributed by atoms with Crippen LogP contribution in [0, 0.1) is 5.92 Å². The summed E-state index contributed by atoms with van der Waals surface area (Å²) >= 11 is 0. The average Bonchev–Trinajstić information content (AvgIpc) is 2.45. The summed E-state index contributed by atoms with van der Waals surface area (Å²) in [5.74, 6) is 0.730. The molecule has 1 atom stereocenters. The predicted molar refractivity (Wildman–Crippen MR) is 71.8 cm³/mol. The van der Waals surface area contributed by atoms with E-state index >= 15 is 0 Å². The van der Waals surface area contributed by atoms with Gasteiger partial charge in [0, 0.05) is 18.6 Å². The van der Waals surface area contributed by atoms with Crippen LogP contribution in [-0.2, 0) is 0 Å². The number of nitrogens with one attached hydrogen (secondary N) is 1. The minimum atomic E-state index is 0.670. The molecule has 2 heteroatoms. The monoisotopic (exact) mass is 226 g/mol. The van der Waals surface area contributed by atoms with Gasteiger partial charge in [0.25, 0.3) is 0 Å². The largest absolute Gasteiger partial charge is 0.312 e. The highest BCUT2D eigenvalue weighted by atomic mass is 15.1. The Bertz CT molecular complexity index is 162. The predicted octanol–water partition coefficient (Wildman–Crippen LogP) is 2.89. The molecule has 1 unspecified atom stereocenters. The molecule has 1 fully saturated rings. The van der Waals surface area contributed by atoms with Crippen molar-refractivity contribution in [1.29, 1.82) is 0 Å². The van der Waals surface area contributed by atoms with Crippen LogP contribution in [0.2, 0.25) is 0 Å². The second-order valence-electron chi connectivity index (χ2n) is 5.87. The van der Waals surface area contributed by atoms with Gasteiger partial charge in [-0.1, -0.05) is 39.5 Å². The molecular formula is C14H30N2. The summed E-state index contributed by atoms with van der Waals surface area (Å²) in [7, 11) is 4.39. The van der Waals surface area contributed by atoms with Crippen LogP contribution < -0.4 is 5.32 Å². The van der Waals surface area contributed by atoms with Gasteiger partial charge >= 0.3 is 0 Å². The lowest BCUT2D eigenvalue weighted by Crippen LogP contribution is -2.44. The molecule has 96 valence electrons. The van der Waals surface area contributed by atoms with E-state index < -0.39 is 0 Å². The van der Waals surface area contributed by atoms with Crippen molar-refractivity contribution in [2.24, 2.45) is 5.92 Å². The van der Waals surface area contributed by atoms with Gasteiger partial charge in [0.2, 0.25) is 0 Å². The fraction of sp³-hybridized carbons (Fsp3) is 1.00. The maximum atomic E-state index is 3.78. The van der Waals surface area contributed by atoms with Gasteiger partial charge in [-0.25, -0.2) is 0 Å². The Morgan fingerprint density at radius 1 is 1.06 bits per heavy atom. The fourth-order valence-electron chi connectivity index (χ4n) is 2.79. The SMILES string of the molecule is CC(C)C(CNC1CCCCCC1)N(C)C. The van der Waals surface area contributed by atoms with Gasteiger partial charge in [0.15, 0.2) is 0 Å². The van der Waals surface area contributed by atoms with Gasteiger partial charge in [-0.3, -0.25) is 0 Å². The van der Waals surface area contributed by atoms with Crippen LogP contribution in [0.15, 0.2) is 0 Å². The Kier molecular flexibility index (Phi) is 6.37. The summed E-state index contributed by atoms with van der Waals surface area (Å²) in [5.41, 5.74) is 0. The van der Waals surface area contributed by atoms with Crippen molar-refractivity contribution in [2.75, 3.05) is 20.6 Å². The number of hydrogen-bond acceptors (Lipinski definition) is 2. The quantitative estimate of drug-likeness (QED) is 0.725. The molecular weight excluding hydrogens is 196 g/mol. The number of rotatable bonds is 5. The topological polar surface area (TPSA) is 15.3 Å². The molecule has 1 N–H and O–H groups in total. The Hall–Kier alpha value is -0.0800. The summed E-state index contributed by atoms with van der Waals surface area (Å²) in [6.07, 6.45) is 8.51. The smallest absolute Gasteiger partial charge is 0.0237 e. The maximum absolute atomic E-state index is 3.78. The summed E-state index contributed by atoms with van der Waals surface area (Å²) < 4.78 is 0. The molecule has 0 spiro atoms. The highest BCUT2D eigenvalue weighted by Gasteiger charge is 2.18. The molecule has 0 aliphatic heterocycles. The molecule has 1 saturated carbocycles. The lowest BCUT2D eigenvalue weighted by molar-refractivity contribution is 0.216. The van der Waals surface area contributed by atoms with Crippen molar-refractivity contribution in [3.05, 3.63) is 0 Å². The van der Waals surface area contributed by atoms with E-state index in [1.165, 1.54) is 38.5 Å². The van der Waals surface area contributed by atoms with E-state index in [1.54, 1.807) is 0 Å².